The maximum absolute atomic E-state index is 10.7. The van der Waals surface area contributed by atoms with Crippen LogP contribution >= 0.6 is 27.5 Å². The van der Waals surface area contributed by atoms with Crippen LogP contribution in [0, 0.1) is 6.92 Å². The predicted molar refractivity (Wildman–Crippen MR) is 83.6 cm³/mol. The molecule has 3 rings (SSSR count). The zero-order valence-electron chi connectivity index (χ0n) is 11.0. The van der Waals surface area contributed by atoms with Crippen molar-refractivity contribution in [3.63, 3.8) is 0 Å². The first-order valence-corrected chi connectivity index (χ1v) is 7.62. The number of hydrogen-bond donors (Lipinski definition) is 1. The number of aliphatic hydroxyl groups is 1. The Balaban J connectivity index is 2.11. The maximum Gasteiger partial charge on any atom is 0.128 e. The zero-order valence-corrected chi connectivity index (χ0v) is 13.3. The third-order valence-corrected chi connectivity index (χ3v) is 4.30. The summed E-state index contributed by atoms with van der Waals surface area (Å²) in [5.41, 5.74) is 3.74. The molecule has 104 valence electrons. The molecule has 1 aliphatic rings. The van der Waals surface area contributed by atoms with Gasteiger partial charge in [0.05, 0.1) is 6.61 Å². The molecule has 20 heavy (non-hydrogen) atoms. The Morgan fingerprint density at radius 1 is 1.25 bits per heavy atom. The van der Waals surface area contributed by atoms with E-state index < -0.39 is 6.10 Å². The van der Waals surface area contributed by atoms with Crippen molar-refractivity contribution < 1.29 is 9.84 Å². The number of fused-ring (bicyclic) bond motifs is 1. The van der Waals surface area contributed by atoms with E-state index in [1.54, 1.807) is 0 Å². The first-order chi connectivity index (χ1) is 9.56. The SMILES string of the molecule is Cc1ccc(Cl)cc1C(O)c1cc(Br)cc2c1OCC2. The Bertz CT molecular complexity index is 670. The molecule has 2 nitrogen and oxygen atoms in total. The summed E-state index contributed by atoms with van der Waals surface area (Å²) in [5, 5.41) is 11.3. The monoisotopic (exact) mass is 352 g/mol. The van der Waals surface area contributed by atoms with Gasteiger partial charge in [-0.05, 0) is 47.9 Å². The van der Waals surface area contributed by atoms with Crippen molar-refractivity contribution in [2.45, 2.75) is 19.4 Å². The largest absolute Gasteiger partial charge is 0.493 e. The van der Waals surface area contributed by atoms with E-state index in [0.29, 0.717) is 11.6 Å². The van der Waals surface area contributed by atoms with Gasteiger partial charge in [-0.3, -0.25) is 0 Å². The van der Waals surface area contributed by atoms with Crippen LogP contribution in [0.5, 0.6) is 5.75 Å². The molecule has 0 spiro atoms. The first kappa shape index (κ1) is 13.9. The molecule has 0 radical (unpaired) electrons. The highest BCUT2D eigenvalue weighted by Gasteiger charge is 2.24. The van der Waals surface area contributed by atoms with E-state index in [2.05, 4.69) is 15.9 Å². The summed E-state index contributed by atoms with van der Waals surface area (Å²) in [4.78, 5) is 0. The smallest absolute Gasteiger partial charge is 0.128 e. The van der Waals surface area contributed by atoms with Crippen LogP contribution in [0.15, 0.2) is 34.8 Å². The number of aryl methyl sites for hydroxylation is 1. The number of ether oxygens (including phenoxy) is 1. The second-order valence-corrected chi connectivity index (χ2v) is 6.34. The van der Waals surface area contributed by atoms with E-state index in [9.17, 15) is 5.11 Å². The number of halogens is 2. The molecule has 1 unspecified atom stereocenters. The molecule has 0 saturated heterocycles. The molecule has 1 aliphatic heterocycles. The number of benzene rings is 2. The molecule has 0 fully saturated rings. The van der Waals surface area contributed by atoms with Crippen LogP contribution in [-0.4, -0.2) is 11.7 Å². The minimum Gasteiger partial charge on any atom is -0.493 e. The number of hydrogen-bond acceptors (Lipinski definition) is 2. The zero-order chi connectivity index (χ0) is 14.3. The van der Waals surface area contributed by atoms with E-state index in [0.717, 1.165) is 38.9 Å². The molecule has 1 heterocycles. The normalized spacial score (nSPS) is 14.8. The van der Waals surface area contributed by atoms with Crippen LogP contribution in [0.2, 0.25) is 5.02 Å². The summed E-state index contributed by atoms with van der Waals surface area (Å²) in [5.74, 6) is 0.806. The van der Waals surface area contributed by atoms with Crippen LogP contribution in [0.4, 0.5) is 0 Å². The molecule has 0 amide bonds. The van der Waals surface area contributed by atoms with Gasteiger partial charge in [0.1, 0.15) is 11.9 Å². The van der Waals surface area contributed by atoms with E-state index in [-0.39, 0.29) is 0 Å². The van der Waals surface area contributed by atoms with Crippen LogP contribution in [0.3, 0.4) is 0 Å². The quantitative estimate of drug-likeness (QED) is 0.865. The summed E-state index contributed by atoms with van der Waals surface area (Å²) >= 11 is 9.54. The van der Waals surface area contributed by atoms with Crippen LogP contribution < -0.4 is 4.74 Å². The van der Waals surface area contributed by atoms with E-state index >= 15 is 0 Å². The van der Waals surface area contributed by atoms with Gasteiger partial charge < -0.3 is 9.84 Å². The molecule has 1 atom stereocenters. The van der Waals surface area contributed by atoms with E-state index in [4.69, 9.17) is 16.3 Å². The molecule has 1 N–H and O–H groups in total. The predicted octanol–water partition coefficient (Wildman–Crippen LogP) is 4.43. The lowest BCUT2D eigenvalue weighted by Crippen LogP contribution is -2.04. The summed E-state index contributed by atoms with van der Waals surface area (Å²) in [6, 6.07) is 9.51. The summed E-state index contributed by atoms with van der Waals surface area (Å²) in [6.07, 6.45) is 0.140. The second kappa shape index (κ2) is 5.40. The molecule has 4 heteroatoms. The molecule has 0 saturated carbocycles. The van der Waals surface area contributed by atoms with Gasteiger partial charge in [0.15, 0.2) is 0 Å². The van der Waals surface area contributed by atoms with Crippen molar-refractivity contribution in [1.29, 1.82) is 0 Å². The first-order valence-electron chi connectivity index (χ1n) is 6.45. The van der Waals surface area contributed by atoms with E-state index in [1.807, 2.05) is 37.3 Å². The fourth-order valence-electron chi connectivity index (χ4n) is 2.57. The Kier molecular flexibility index (Phi) is 3.76. The Morgan fingerprint density at radius 3 is 2.85 bits per heavy atom. The lowest BCUT2D eigenvalue weighted by atomic mass is 9.95. The van der Waals surface area contributed by atoms with Crippen molar-refractivity contribution in [2.75, 3.05) is 6.61 Å². The van der Waals surface area contributed by atoms with Crippen molar-refractivity contribution in [2.24, 2.45) is 0 Å². The molecule has 0 aliphatic carbocycles. The molecule has 0 bridgehead atoms. The molecule has 2 aromatic carbocycles. The highest BCUT2D eigenvalue weighted by atomic mass is 79.9. The Morgan fingerprint density at radius 2 is 2.05 bits per heavy atom. The van der Waals surface area contributed by atoms with Gasteiger partial charge in [-0.1, -0.05) is 33.6 Å². The van der Waals surface area contributed by atoms with Crippen LogP contribution in [0.25, 0.3) is 0 Å². The van der Waals surface area contributed by atoms with Gasteiger partial charge in [0, 0.05) is 21.5 Å². The second-order valence-electron chi connectivity index (χ2n) is 4.99. The van der Waals surface area contributed by atoms with Gasteiger partial charge in [0.25, 0.3) is 0 Å². The lowest BCUT2D eigenvalue weighted by molar-refractivity contribution is 0.213. The molecule has 2 aromatic rings. The van der Waals surface area contributed by atoms with Crippen molar-refractivity contribution >= 4 is 27.5 Å². The van der Waals surface area contributed by atoms with Crippen molar-refractivity contribution in [1.82, 2.24) is 0 Å². The minimum atomic E-state index is -0.738. The van der Waals surface area contributed by atoms with Gasteiger partial charge in [0.2, 0.25) is 0 Å². The van der Waals surface area contributed by atoms with Gasteiger partial charge in [-0.25, -0.2) is 0 Å². The van der Waals surface area contributed by atoms with E-state index in [1.165, 1.54) is 0 Å². The highest BCUT2D eigenvalue weighted by Crippen LogP contribution is 2.39. The summed E-state index contributed by atoms with van der Waals surface area (Å²) in [7, 11) is 0. The Hall–Kier alpha value is -1.03. The summed E-state index contributed by atoms with van der Waals surface area (Å²) in [6.45, 7) is 2.63. The molecular weight excluding hydrogens is 340 g/mol. The highest BCUT2D eigenvalue weighted by molar-refractivity contribution is 9.10. The maximum atomic E-state index is 10.7. The van der Waals surface area contributed by atoms with Crippen LogP contribution in [-0.2, 0) is 6.42 Å². The third-order valence-electron chi connectivity index (χ3n) is 3.61. The van der Waals surface area contributed by atoms with Crippen molar-refractivity contribution in [3.8, 4) is 5.75 Å². The average Bonchev–Trinajstić information content (AvgIpc) is 2.87. The van der Waals surface area contributed by atoms with Crippen LogP contribution in [0.1, 0.15) is 28.4 Å². The standard InChI is InChI=1S/C16H14BrClO2/c1-9-2-3-12(18)8-13(9)15(19)14-7-11(17)6-10-4-5-20-16(10)14/h2-3,6-8,15,19H,4-5H2,1H3. The number of rotatable bonds is 2. The Labute approximate surface area is 131 Å². The summed E-state index contributed by atoms with van der Waals surface area (Å²) < 4.78 is 6.64. The fraction of sp³-hybridized carbons (Fsp3) is 0.250. The fourth-order valence-corrected chi connectivity index (χ4v) is 3.28. The topological polar surface area (TPSA) is 29.5 Å². The third kappa shape index (κ3) is 2.46. The van der Waals surface area contributed by atoms with Gasteiger partial charge >= 0.3 is 0 Å². The lowest BCUT2D eigenvalue weighted by Gasteiger charge is -2.18. The number of aliphatic hydroxyl groups excluding tert-OH is 1. The van der Waals surface area contributed by atoms with Crippen molar-refractivity contribution in [3.05, 3.63) is 62.1 Å². The molecular formula is C16H14BrClO2. The minimum absolute atomic E-state index is 0.622. The average molecular weight is 354 g/mol. The van der Waals surface area contributed by atoms with Gasteiger partial charge in [-0.2, -0.15) is 0 Å². The van der Waals surface area contributed by atoms with Gasteiger partial charge in [-0.15, -0.1) is 0 Å². The molecule has 0 aromatic heterocycles.